The molecule has 1 aromatic heterocycles. The Labute approximate surface area is 203 Å². The molecule has 4 rings (SSSR count). The Bertz CT molecular complexity index is 1410. The van der Waals surface area contributed by atoms with Crippen molar-refractivity contribution in [3.63, 3.8) is 0 Å². The van der Waals surface area contributed by atoms with Crippen molar-refractivity contribution in [1.82, 2.24) is 19.9 Å². The minimum atomic E-state index is -3.98. The fourth-order valence-electron chi connectivity index (χ4n) is 4.30. The van der Waals surface area contributed by atoms with E-state index < -0.39 is 22.0 Å². The SMILES string of the molecule is Cn1c(=O)c(C(=O)NCCc2ccc(S(=O)(=O)NC(=O)NC3CCCC3)cc2)cc2ccccc21. The third-order valence-electron chi connectivity index (χ3n) is 6.23. The maximum Gasteiger partial charge on any atom is 0.328 e. The predicted octanol–water partition coefficient (Wildman–Crippen LogP) is 2.44. The number of hydrogen-bond acceptors (Lipinski definition) is 5. The van der Waals surface area contributed by atoms with E-state index in [4.69, 9.17) is 0 Å². The zero-order valence-electron chi connectivity index (χ0n) is 19.4. The minimum Gasteiger partial charge on any atom is -0.352 e. The monoisotopic (exact) mass is 496 g/mol. The summed E-state index contributed by atoms with van der Waals surface area (Å²) >= 11 is 0. The Morgan fingerprint density at radius 1 is 1.03 bits per heavy atom. The predicted molar refractivity (Wildman–Crippen MR) is 133 cm³/mol. The topological polar surface area (TPSA) is 126 Å². The first kappa shape index (κ1) is 24.5. The number of fused-ring (bicyclic) bond motifs is 1. The van der Waals surface area contributed by atoms with Crippen molar-refractivity contribution >= 4 is 32.9 Å². The van der Waals surface area contributed by atoms with Gasteiger partial charge in [0.15, 0.2) is 0 Å². The van der Waals surface area contributed by atoms with Crippen LogP contribution in [0.1, 0.15) is 41.6 Å². The van der Waals surface area contributed by atoms with Crippen LogP contribution in [-0.2, 0) is 23.5 Å². The summed E-state index contributed by atoms with van der Waals surface area (Å²) in [5.41, 5.74) is 1.23. The van der Waals surface area contributed by atoms with E-state index in [0.717, 1.165) is 42.1 Å². The van der Waals surface area contributed by atoms with Gasteiger partial charge < -0.3 is 15.2 Å². The van der Waals surface area contributed by atoms with Gasteiger partial charge in [0.25, 0.3) is 21.5 Å². The van der Waals surface area contributed by atoms with Crippen molar-refractivity contribution in [3.8, 4) is 0 Å². The highest BCUT2D eigenvalue weighted by Crippen LogP contribution is 2.18. The number of amides is 3. The summed E-state index contributed by atoms with van der Waals surface area (Å²) in [4.78, 5) is 37.2. The highest BCUT2D eigenvalue weighted by Gasteiger charge is 2.22. The number of nitrogens with zero attached hydrogens (tertiary/aromatic N) is 1. The van der Waals surface area contributed by atoms with Crippen LogP contribution < -0.4 is 20.9 Å². The number of rotatable bonds is 7. The molecule has 0 atom stereocenters. The zero-order chi connectivity index (χ0) is 25.0. The Hall–Kier alpha value is -3.66. The number of aromatic nitrogens is 1. The number of pyridine rings is 1. The lowest BCUT2D eigenvalue weighted by atomic mass is 10.1. The van der Waals surface area contributed by atoms with Gasteiger partial charge in [-0.05, 0) is 54.5 Å². The summed E-state index contributed by atoms with van der Waals surface area (Å²) in [6.07, 6.45) is 4.20. The van der Waals surface area contributed by atoms with Crippen LogP contribution in [0, 0.1) is 0 Å². The first-order valence-corrected chi connectivity index (χ1v) is 13.0. The fourth-order valence-corrected chi connectivity index (χ4v) is 5.22. The van der Waals surface area contributed by atoms with Gasteiger partial charge in [-0.1, -0.05) is 43.2 Å². The van der Waals surface area contributed by atoms with Gasteiger partial charge in [0.2, 0.25) is 0 Å². The summed E-state index contributed by atoms with van der Waals surface area (Å²) in [5, 5.41) is 6.24. The highest BCUT2D eigenvalue weighted by molar-refractivity contribution is 7.90. The fraction of sp³-hybridized carbons (Fsp3) is 0.320. The molecule has 1 aliphatic rings. The molecule has 1 heterocycles. The molecular formula is C25H28N4O5S. The van der Waals surface area contributed by atoms with Crippen LogP contribution in [-0.4, -0.2) is 37.5 Å². The summed E-state index contributed by atoms with van der Waals surface area (Å²) in [6.45, 7) is 0.267. The third kappa shape index (κ3) is 5.71. The van der Waals surface area contributed by atoms with Gasteiger partial charge in [-0.2, -0.15) is 0 Å². The molecule has 1 fully saturated rings. The van der Waals surface area contributed by atoms with E-state index in [9.17, 15) is 22.8 Å². The summed E-state index contributed by atoms with van der Waals surface area (Å²) in [6, 6.07) is 14.3. The highest BCUT2D eigenvalue weighted by atomic mass is 32.2. The molecule has 9 nitrogen and oxygen atoms in total. The molecule has 0 bridgehead atoms. The smallest absolute Gasteiger partial charge is 0.328 e. The van der Waals surface area contributed by atoms with Crippen LogP contribution in [0.3, 0.4) is 0 Å². The van der Waals surface area contributed by atoms with Crippen LogP contribution in [0.2, 0.25) is 0 Å². The molecule has 1 saturated carbocycles. The van der Waals surface area contributed by atoms with E-state index >= 15 is 0 Å². The molecule has 0 aliphatic heterocycles. The first-order chi connectivity index (χ1) is 16.7. The van der Waals surface area contributed by atoms with Crippen LogP contribution in [0.5, 0.6) is 0 Å². The number of para-hydroxylation sites is 1. The molecule has 35 heavy (non-hydrogen) atoms. The Morgan fingerprint density at radius 3 is 2.43 bits per heavy atom. The van der Waals surface area contributed by atoms with Gasteiger partial charge in [0, 0.05) is 19.6 Å². The van der Waals surface area contributed by atoms with E-state index in [-0.39, 0.29) is 28.6 Å². The third-order valence-corrected chi connectivity index (χ3v) is 7.57. The van der Waals surface area contributed by atoms with Crippen molar-refractivity contribution in [2.75, 3.05) is 6.54 Å². The molecule has 10 heteroatoms. The molecule has 3 aromatic rings. The van der Waals surface area contributed by atoms with Crippen LogP contribution in [0.4, 0.5) is 4.79 Å². The molecule has 0 saturated heterocycles. The second kappa shape index (κ2) is 10.3. The van der Waals surface area contributed by atoms with Crippen LogP contribution in [0.15, 0.2) is 64.3 Å². The number of carbonyl (C=O) groups excluding carboxylic acids is 2. The molecule has 1 aliphatic carbocycles. The number of nitrogens with one attached hydrogen (secondary N) is 3. The van der Waals surface area contributed by atoms with E-state index in [1.54, 1.807) is 25.2 Å². The molecule has 0 spiro atoms. The van der Waals surface area contributed by atoms with Crippen molar-refractivity contribution in [2.45, 2.75) is 43.0 Å². The molecular weight excluding hydrogens is 468 g/mol. The Balaban J connectivity index is 1.33. The van der Waals surface area contributed by atoms with Crippen LogP contribution >= 0.6 is 0 Å². The molecule has 2 aromatic carbocycles. The van der Waals surface area contributed by atoms with E-state index in [2.05, 4.69) is 15.4 Å². The second-order valence-corrected chi connectivity index (χ2v) is 10.4. The number of hydrogen-bond donors (Lipinski definition) is 3. The maximum atomic E-state index is 12.6. The number of carbonyl (C=O) groups is 2. The molecule has 3 amide bonds. The summed E-state index contributed by atoms with van der Waals surface area (Å²) < 4.78 is 28.5. The number of aryl methyl sites for hydroxylation is 1. The minimum absolute atomic E-state index is 0.0117. The van der Waals surface area contributed by atoms with Gasteiger partial charge in [-0.3, -0.25) is 9.59 Å². The largest absolute Gasteiger partial charge is 0.352 e. The summed E-state index contributed by atoms with van der Waals surface area (Å²) in [5.74, 6) is -0.465. The normalized spacial score (nSPS) is 14.1. The van der Waals surface area contributed by atoms with Crippen molar-refractivity contribution in [3.05, 3.63) is 76.1 Å². The van der Waals surface area contributed by atoms with Gasteiger partial charge in [0.05, 0.1) is 10.4 Å². The van der Waals surface area contributed by atoms with Crippen molar-refractivity contribution in [1.29, 1.82) is 0 Å². The quantitative estimate of drug-likeness (QED) is 0.463. The van der Waals surface area contributed by atoms with Gasteiger partial charge >= 0.3 is 6.03 Å². The molecule has 0 radical (unpaired) electrons. The van der Waals surface area contributed by atoms with Gasteiger partial charge in [-0.15, -0.1) is 0 Å². The van der Waals surface area contributed by atoms with E-state index in [1.807, 2.05) is 24.3 Å². The number of urea groups is 1. The lowest BCUT2D eigenvalue weighted by Crippen LogP contribution is -2.43. The molecule has 3 N–H and O–H groups in total. The number of benzene rings is 2. The first-order valence-electron chi connectivity index (χ1n) is 11.5. The van der Waals surface area contributed by atoms with Crippen molar-refractivity contribution in [2.24, 2.45) is 7.05 Å². The Morgan fingerprint density at radius 2 is 1.71 bits per heavy atom. The van der Waals surface area contributed by atoms with Crippen LogP contribution in [0.25, 0.3) is 10.9 Å². The Kier molecular flexibility index (Phi) is 7.20. The standard InChI is InChI=1S/C25H28N4O5S/c1-29-22-9-5-2-6-18(22)16-21(24(29)31)23(30)26-15-14-17-10-12-20(13-11-17)35(33,34)28-25(32)27-19-7-3-4-8-19/h2,5-6,9-13,16,19H,3-4,7-8,14-15H2,1H3,(H,26,30)(H2,27,28,32). The average molecular weight is 497 g/mol. The average Bonchev–Trinajstić information content (AvgIpc) is 3.34. The second-order valence-electron chi connectivity index (χ2n) is 8.69. The van der Waals surface area contributed by atoms with Gasteiger partial charge in [0.1, 0.15) is 5.56 Å². The molecule has 184 valence electrons. The van der Waals surface area contributed by atoms with Crippen molar-refractivity contribution < 1.29 is 18.0 Å². The van der Waals surface area contributed by atoms with E-state index in [0.29, 0.717) is 6.42 Å². The lowest BCUT2D eigenvalue weighted by Gasteiger charge is -2.13. The molecule has 0 unspecified atom stereocenters. The van der Waals surface area contributed by atoms with E-state index in [1.165, 1.54) is 16.7 Å². The maximum absolute atomic E-state index is 12.6. The summed E-state index contributed by atoms with van der Waals surface area (Å²) in [7, 11) is -2.35. The zero-order valence-corrected chi connectivity index (χ0v) is 20.2. The lowest BCUT2D eigenvalue weighted by molar-refractivity contribution is 0.0952. The number of sulfonamides is 1. The van der Waals surface area contributed by atoms with Gasteiger partial charge in [-0.25, -0.2) is 17.9 Å².